The van der Waals surface area contributed by atoms with Gasteiger partial charge in [0.25, 0.3) is 0 Å². The van der Waals surface area contributed by atoms with Crippen LogP contribution in [0.5, 0.6) is 17.2 Å². The molecule has 0 unspecified atom stereocenters. The smallest absolute Gasteiger partial charge is 0.248 e. The number of benzene rings is 2. The maximum absolute atomic E-state index is 13.6. The van der Waals surface area contributed by atoms with Gasteiger partial charge in [-0.25, -0.2) is 0 Å². The van der Waals surface area contributed by atoms with Gasteiger partial charge in [-0.05, 0) is 55.5 Å². The number of aliphatic imine (C=N–C) groups is 1. The average molecular weight is 568 g/mol. The highest BCUT2D eigenvalue weighted by atomic mass is 16.5. The number of carbonyl (C=O) groups excluding carboxylic acids is 3. The SMILES string of the molecule is COc1cccc(Oc2cc(C(N)=O)ccc2NC(=O)[C@H](CC2CCCCC2)NC(=O)[C@@H](N)CCCN=C(N)N)c1. The molecule has 222 valence electrons. The third kappa shape index (κ3) is 9.98. The number of hydrogen-bond donors (Lipinski definition) is 6. The molecular formula is C29H41N7O5. The highest BCUT2D eigenvalue weighted by Gasteiger charge is 2.28. The lowest BCUT2D eigenvalue weighted by atomic mass is 9.84. The molecule has 3 amide bonds. The van der Waals surface area contributed by atoms with Gasteiger partial charge in [0.15, 0.2) is 11.7 Å². The minimum absolute atomic E-state index is 0.0224. The lowest BCUT2D eigenvalue weighted by molar-refractivity contribution is -0.127. The lowest BCUT2D eigenvalue weighted by Crippen LogP contribution is -2.50. The first kappa shape index (κ1) is 31.2. The number of amides is 3. The Bertz CT molecular complexity index is 1230. The maximum Gasteiger partial charge on any atom is 0.248 e. The average Bonchev–Trinajstić information content (AvgIpc) is 2.96. The van der Waals surface area contributed by atoms with E-state index in [0.29, 0.717) is 48.9 Å². The Balaban J connectivity index is 1.79. The van der Waals surface area contributed by atoms with Crippen LogP contribution in [-0.4, -0.2) is 49.4 Å². The van der Waals surface area contributed by atoms with Crippen LogP contribution in [0.25, 0.3) is 0 Å². The topological polar surface area (TPSA) is 210 Å². The number of nitrogens with one attached hydrogen (secondary N) is 2. The molecule has 12 nitrogen and oxygen atoms in total. The zero-order valence-electron chi connectivity index (χ0n) is 23.4. The summed E-state index contributed by atoms with van der Waals surface area (Å²) in [5, 5.41) is 5.73. The number of hydrogen-bond acceptors (Lipinski definition) is 7. The Morgan fingerprint density at radius 2 is 1.73 bits per heavy atom. The van der Waals surface area contributed by atoms with E-state index in [1.807, 2.05) is 0 Å². The first-order chi connectivity index (χ1) is 19.7. The van der Waals surface area contributed by atoms with Crippen LogP contribution in [0.3, 0.4) is 0 Å². The van der Waals surface area contributed by atoms with Gasteiger partial charge in [-0.3, -0.25) is 19.4 Å². The van der Waals surface area contributed by atoms with Crippen LogP contribution in [0.2, 0.25) is 0 Å². The van der Waals surface area contributed by atoms with Gasteiger partial charge in [0, 0.05) is 18.2 Å². The van der Waals surface area contributed by atoms with Crippen LogP contribution < -0.4 is 43.0 Å². The van der Waals surface area contributed by atoms with E-state index >= 15 is 0 Å². The van der Waals surface area contributed by atoms with E-state index in [9.17, 15) is 14.4 Å². The predicted molar refractivity (Wildman–Crippen MR) is 158 cm³/mol. The molecule has 0 heterocycles. The molecule has 3 rings (SSSR count). The lowest BCUT2D eigenvalue weighted by Gasteiger charge is -2.27. The molecule has 0 radical (unpaired) electrons. The van der Waals surface area contributed by atoms with E-state index in [1.54, 1.807) is 30.3 Å². The Morgan fingerprint density at radius 3 is 2.41 bits per heavy atom. The summed E-state index contributed by atoms with van der Waals surface area (Å²) in [4.78, 5) is 42.4. The number of ether oxygens (including phenoxy) is 2. The fraction of sp³-hybridized carbons (Fsp3) is 0.448. The van der Waals surface area contributed by atoms with Gasteiger partial charge >= 0.3 is 0 Å². The van der Waals surface area contributed by atoms with Crippen molar-refractivity contribution < 1.29 is 23.9 Å². The van der Waals surface area contributed by atoms with Crippen LogP contribution in [0.4, 0.5) is 5.69 Å². The molecule has 0 aliphatic heterocycles. The summed E-state index contributed by atoms with van der Waals surface area (Å²) in [5.74, 6) is -0.00370. The van der Waals surface area contributed by atoms with Gasteiger partial charge in [0.2, 0.25) is 17.7 Å². The van der Waals surface area contributed by atoms with Crippen LogP contribution in [0, 0.1) is 5.92 Å². The number of anilines is 1. The molecule has 1 fully saturated rings. The fourth-order valence-corrected chi connectivity index (χ4v) is 4.79. The fourth-order valence-electron chi connectivity index (χ4n) is 4.79. The minimum atomic E-state index is -0.826. The summed E-state index contributed by atoms with van der Waals surface area (Å²) in [5.41, 5.74) is 22.8. The maximum atomic E-state index is 13.6. The van der Waals surface area contributed by atoms with Crippen molar-refractivity contribution in [2.45, 2.75) is 63.5 Å². The number of primary amides is 1. The number of nitrogens with two attached hydrogens (primary N) is 4. The van der Waals surface area contributed by atoms with E-state index in [1.165, 1.54) is 19.2 Å². The number of guanidine groups is 1. The van der Waals surface area contributed by atoms with Crippen molar-refractivity contribution in [2.75, 3.05) is 19.0 Å². The van der Waals surface area contributed by atoms with Crippen molar-refractivity contribution in [3.05, 3.63) is 48.0 Å². The molecule has 2 aromatic rings. The van der Waals surface area contributed by atoms with E-state index in [-0.39, 0.29) is 17.3 Å². The molecule has 10 N–H and O–H groups in total. The van der Waals surface area contributed by atoms with E-state index < -0.39 is 29.8 Å². The quantitative estimate of drug-likeness (QED) is 0.113. The number of rotatable bonds is 14. The summed E-state index contributed by atoms with van der Waals surface area (Å²) < 4.78 is 11.3. The molecule has 0 bridgehead atoms. The molecular weight excluding hydrogens is 526 g/mol. The molecule has 0 aromatic heterocycles. The normalized spacial score (nSPS) is 14.8. The molecule has 0 spiro atoms. The summed E-state index contributed by atoms with van der Waals surface area (Å²) in [6, 6.07) is 9.75. The van der Waals surface area contributed by atoms with Crippen molar-refractivity contribution in [1.82, 2.24) is 5.32 Å². The number of nitrogens with zero attached hydrogens (tertiary/aromatic N) is 1. The predicted octanol–water partition coefficient (Wildman–Crippen LogP) is 2.36. The minimum Gasteiger partial charge on any atom is -0.497 e. The highest BCUT2D eigenvalue weighted by Crippen LogP contribution is 2.33. The first-order valence-corrected chi connectivity index (χ1v) is 13.8. The van der Waals surface area contributed by atoms with Gasteiger partial charge in [-0.15, -0.1) is 0 Å². The summed E-state index contributed by atoms with van der Waals surface area (Å²) >= 11 is 0. The summed E-state index contributed by atoms with van der Waals surface area (Å²) in [6.45, 7) is 0.354. The van der Waals surface area contributed by atoms with E-state index in [0.717, 1.165) is 32.1 Å². The van der Waals surface area contributed by atoms with E-state index in [2.05, 4.69) is 15.6 Å². The summed E-state index contributed by atoms with van der Waals surface area (Å²) in [7, 11) is 1.54. The van der Waals surface area contributed by atoms with Gasteiger partial charge < -0.3 is 43.0 Å². The zero-order valence-corrected chi connectivity index (χ0v) is 23.4. The molecule has 41 heavy (non-hydrogen) atoms. The second-order valence-corrected chi connectivity index (χ2v) is 10.2. The van der Waals surface area contributed by atoms with Crippen molar-refractivity contribution in [2.24, 2.45) is 33.8 Å². The van der Waals surface area contributed by atoms with Crippen molar-refractivity contribution >= 4 is 29.4 Å². The summed E-state index contributed by atoms with van der Waals surface area (Å²) in [6.07, 6.45) is 6.66. The highest BCUT2D eigenvalue weighted by molar-refractivity contribution is 6.00. The van der Waals surface area contributed by atoms with Crippen LogP contribution in [0.15, 0.2) is 47.5 Å². The standard InChI is InChI=1S/C29H41N7O5/c1-40-20-9-5-10-21(17-20)41-25-16-19(26(31)37)12-13-23(25)35-28(39)24(15-18-7-3-2-4-8-18)36-27(38)22(30)11-6-14-34-29(32)33/h5,9-10,12-13,16-18,22,24H,2-4,6-8,11,14-15,30H2,1H3,(H2,31,37)(H,35,39)(H,36,38)(H4,32,33,34)/t22-,24-/m0/s1. The molecule has 1 saturated carbocycles. The van der Waals surface area contributed by atoms with Crippen LogP contribution in [0.1, 0.15) is 61.7 Å². The molecule has 1 aliphatic carbocycles. The molecule has 12 heteroatoms. The van der Waals surface area contributed by atoms with E-state index in [4.69, 9.17) is 32.4 Å². The largest absolute Gasteiger partial charge is 0.497 e. The first-order valence-electron chi connectivity index (χ1n) is 13.8. The molecule has 1 aliphatic rings. The van der Waals surface area contributed by atoms with Gasteiger partial charge in [-0.1, -0.05) is 38.2 Å². The Morgan fingerprint density at radius 1 is 1.00 bits per heavy atom. The second-order valence-electron chi connectivity index (χ2n) is 10.2. The van der Waals surface area contributed by atoms with Gasteiger partial charge in [0.1, 0.15) is 17.5 Å². The third-order valence-electron chi connectivity index (χ3n) is 7.02. The van der Waals surface area contributed by atoms with Crippen molar-refractivity contribution in [3.8, 4) is 17.2 Å². The third-order valence-corrected chi connectivity index (χ3v) is 7.02. The van der Waals surface area contributed by atoms with Gasteiger partial charge in [-0.2, -0.15) is 0 Å². The second kappa shape index (κ2) is 15.5. The molecule has 2 aromatic carbocycles. The zero-order chi connectivity index (χ0) is 29.8. The number of methoxy groups -OCH3 is 1. The Hall–Kier alpha value is -4.32. The Labute approximate surface area is 240 Å². The van der Waals surface area contributed by atoms with Crippen molar-refractivity contribution in [3.63, 3.8) is 0 Å². The van der Waals surface area contributed by atoms with Crippen LogP contribution in [-0.2, 0) is 9.59 Å². The molecule has 0 saturated heterocycles. The molecule has 2 atom stereocenters. The van der Waals surface area contributed by atoms with Gasteiger partial charge in [0.05, 0.1) is 18.8 Å². The number of carbonyl (C=O) groups is 3. The Kier molecular flexibility index (Phi) is 11.8. The monoisotopic (exact) mass is 567 g/mol. The van der Waals surface area contributed by atoms with Crippen molar-refractivity contribution in [1.29, 1.82) is 0 Å². The van der Waals surface area contributed by atoms with Crippen LogP contribution >= 0.6 is 0 Å².